The number of carbonyl (C=O) groups excluding carboxylic acids is 2. The predicted octanol–water partition coefficient (Wildman–Crippen LogP) is 3.01. The molecule has 2 aromatic rings. The zero-order chi connectivity index (χ0) is 16.4. The van der Waals surface area contributed by atoms with E-state index in [0.717, 1.165) is 5.56 Å². The Bertz CT molecular complexity index is 776. The van der Waals surface area contributed by atoms with Crippen LogP contribution in [0.1, 0.15) is 5.56 Å². The molecule has 5 nitrogen and oxygen atoms in total. The van der Waals surface area contributed by atoms with Gasteiger partial charge in [0, 0.05) is 10.7 Å². The summed E-state index contributed by atoms with van der Waals surface area (Å²) in [5.41, 5.74) is 2.19. The second-order valence-corrected chi connectivity index (χ2v) is 5.73. The van der Waals surface area contributed by atoms with E-state index in [9.17, 15) is 9.59 Å². The number of halogens is 1. The first-order valence-electron chi connectivity index (χ1n) is 7.12. The van der Waals surface area contributed by atoms with Gasteiger partial charge in [-0.2, -0.15) is 0 Å². The van der Waals surface area contributed by atoms with Crippen molar-refractivity contribution < 1.29 is 14.3 Å². The molecule has 0 saturated carbocycles. The van der Waals surface area contributed by atoms with Crippen LogP contribution in [0.2, 0.25) is 5.02 Å². The normalized spacial score (nSPS) is 13.3. The van der Waals surface area contributed by atoms with Crippen LogP contribution in [0.3, 0.4) is 0 Å². The summed E-state index contributed by atoms with van der Waals surface area (Å²) in [6.07, 6.45) is 0. The summed E-state index contributed by atoms with van der Waals surface area (Å²) in [6.45, 7) is 1.77. The highest BCUT2D eigenvalue weighted by Gasteiger charge is 2.27. The fraction of sp³-hybridized carbons (Fsp3) is 0.176. The molecule has 1 N–H and O–H groups in total. The first-order valence-corrected chi connectivity index (χ1v) is 7.50. The van der Waals surface area contributed by atoms with Crippen LogP contribution in [0, 0.1) is 6.92 Å². The minimum atomic E-state index is -0.296. The minimum absolute atomic E-state index is 0.0689. The molecule has 1 heterocycles. The molecule has 23 heavy (non-hydrogen) atoms. The van der Waals surface area contributed by atoms with Crippen LogP contribution in [-0.2, 0) is 9.59 Å². The number of carbonyl (C=O) groups is 2. The Morgan fingerprint density at radius 2 is 2.13 bits per heavy atom. The van der Waals surface area contributed by atoms with Crippen molar-refractivity contribution in [1.29, 1.82) is 0 Å². The van der Waals surface area contributed by atoms with Crippen LogP contribution < -0.4 is 15.0 Å². The van der Waals surface area contributed by atoms with Crippen molar-refractivity contribution in [2.24, 2.45) is 0 Å². The van der Waals surface area contributed by atoms with Gasteiger partial charge in [-0.25, -0.2) is 0 Å². The monoisotopic (exact) mass is 330 g/mol. The number of nitrogens with one attached hydrogen (secondary N) is 1. The Balaban J connectivity index is 1.78. The molecule has 118 valence electrons. The van der Waals surface area contributed by atoms with E-state index in [2.05, 4.69) is 5.32 Å². The summed E-state index contributed by atoms with van der Waals surface area (Å²) in [5.74, 6) is 0.0603. The van der Waals surface area contributed by atoms with Gasteiger partial charge in [0.1, 0.15) is 12.3 Å². The van der Waals surface area contributed by atoms with Gasteiger partial charge in [0.2, 0.25) is 5.91 Å². The molecule has 0 radical (unpaired) electrons. The predicted molar refractivity (Wildman–Crippen MR) is 89.1 cm³/mol. The van der Waals surface area contributed by atoms with E-state index in [4.69, 9.17) is 16.3 Å². The first kappa shape index (κ1) is 15.4. The SMILES string of the molecule is Cc1ccc2c(c1)N(CC(=O)Nc1cccc(Cl)c1)C(=O)CO2. The minimum Gasteiger partial charge on any atom is -0.482 e. The molecule has 1 aliphatic rings. The lowest BCUT2D eigenvalue weighted by atomic mass is 10.1. The number of nitrogens with zero attached hydrogens (tertiary/aromatic N) is 1. The second-order valence-electron chi connectivity index (χ2n) is 5.30. The van der Waals surface area contributed by atoms with E-state index in [1.54, 1.807) is 30.3 Å². The molecule has 2 aromatic carbocycles. The Labute approximate surface area is 138 Å². The van der Waals surface area contributed by atoms with E-state index in [0.29, 0.717) is 22.1 Å². The fourth-order valence-electron chi connectivity index (χ4n) is 2.40. The molecule has 0 saturated heterocycles. The number of benzene rings is 2. The molecule has 0 aliphatic carbocycles. The van der Waals surface area contributed by atoms with Gasteiger partial charge in [0.15, 0.2) is 6.61 Å². The van der Waals surface area contributed by atoms with E-state index in [1.165, 1.54) is 4.90 Å². The molecule has 0 unspecified atom stereocenters. The van der Waals surface area contributed by atoms with Gasteiger partial charge in [-0.05, 0) is 42.8 Å². The Hall–Kier alpha value is -2.53. The number of amides is 2. The Morgan fingerprint density at radius 3 is 2.91 bits per heavy atom. The zero-order valence-electron chi connectivity index (χ0n) is 12.5. The molecule has 0 atom stereocenters. The molecular formula is C17H15ClN2O3. The van der Waals surface area contributed by atoms with Crippen molar-refractivity contribution in [3.63, 3.8) is 0 Å². The van der Waals surface area contributed by atoms with Crippen LogP contribution in [0.15, 0.2) is 42.5 Å². The summed E-state index contributed by atoms with van der Waals surface area (Å²) < 4.78 is 5.40. The summed E-state index contributed by atoms with van der Waals surface area (Å²) in [5, 5.41) is 3.27. The van der Waals surface area contributed by atoms with Crippen molar-refractivity contribution in [2.75, 3.05) is 23.4 Å². The number of aryl methyl sites for hydroxylation is 1. The lowest BCUT2D eigenvalue weighted by Crippen LogP contribution is -2.43. The van der Waals surface area contributed by atoms with E-state index in [1.807, 2.05) is 19.1 Å². The maximum Gasteiger partial charge on any atom is 0.265 e. The number of rotatable bonds is 3. The third-order valence-electron chi connectivity index (χ3n) is 3.47. The Morgan fingerprint density at radius 1 is 1.30 bits per heavy atom. The van der Waals surface area contributed by atoms with Crippen LogP contribution >= 0.6 is 11.6 Å². The average Bonchev–Trinajstić information content (AvgIpc) is 2.50. The van der Waals surface area contributed by atoms with Gasteiger partial charge in [-0.15, -0.1) is 0 Å². The summed E-state index contributed by atoms with van der Waals surface area (Å²) in [4.78, 5) is 25.8. The standard InChI is InChI=1S/C17H15ClN2O3/c1-11-5-6-15-14(7-11)20(17(22)10-23-15)9-16(21)19-13-4-2-3-12(18)8-13/h2-8H,9-10H2,1H3,(H,19,21). The highest BCUT2D eigenvalue weighted by atomic mass is 35.5. The summed E-state index contributed by atoms with van der Waals surface area (Å²) in [6, 6.07) is 12.4. The molecule has 2 amide bonds. The van der Waals surface area contributed by atoms with E-state index in [-0.39, 0.29) is 25.0 Å². The number of anilines is 2. The van der Waals surface area contributed by atoms with Crippen LogP contribution in [0.4, 0.5) is 11.4 Å². The van der Waals surface area contributed by atoms with Crippen LogP contribution in [-0.4, -0.2) is 25.0 Å². The summed E-state index contributed by atoms with van der Waals surface area (Å²) in [7, 11) is 0. The smallest absolute Gasteiger partial charge is 0.265 e. The van der Waals surface area contributed by atoms with Crippen molar-refractivity contribution >= 4 is 34.8 Å². The highest BCUT2D eigenvalue weighted by Crippen LogP contribution is 2.32. The van der Waals surface area contributed by atoms with E-state index < -0.39 is 0 Å². The lowest BCUT2D eigenvalue weighted by molar-refractivity contribution is -0.123. The highest BCUT2D eigenvalue weighted by molar-refractivity contribution is 6.30. The van der Waals surface area contributed by atoms with Gasteiger partial charge in [0.05, 0.1) is 5.69 Å². The number of ether oxygens (including phenoxy) is 1. The second kappa shape index (κ2) is 6.30. The molecule has 0 bridgehead atoms. The molecule has 3 rings (SSSR count). The topological polar surface area (TPSA) is 58.6 Å². The first-order chi connectivity index (χ1) is 11.0. The molecular weight excluding hydrogens is 316 g/mol. The number of hydrogen-bond donors (Lipinski definition) is 1. The lowest BCUT2D eigenvalue weighted by Gasteiger charge is -2.29. The number of hydrogen-bond acceptors (Lipinski definition) is 3. The van der Waals surface area contributed by atoms with Crippen molar-refractivity contribution in [1.82, 2.24) is 0 Å². The zero-order valence-corrected chi connectivity index (χ0v) is 13.3. The van der Waals surface area contributed by atoms with Crippen molar-refractivity contribution in [3.8, 4) is 5.75 Å². The molecule has 6 heteroatoms. The van der Waals surface area contributed by atoms with Crippen molar-refractivity contribution in [2.45, 2.75) is 6.92 Å². The average molecular weight is 331 g/mol. The van der Waals surface area contributed by atoms with Crippen LogP contribution in [0.25, 0.3) is 0 Å². The molecule has 1 aliphatic heterocycles. The van der Waals surface area contributed by atoms with Crippen LogP contribution in [0.5, 0.6) is 5.75 Å². The third-order valence-corrected chi connectivity index (χ3v) is 3.70. The quantitative estimate of drug-likeness (QED) is 0.941. The largest absolute Gasteiger partial charge is 0.482 e. The summed E-state index contributed by atoms with van der Waals surface area (Å²) >= 11 is 5.90. The molecule has 0 fully saturated rings. The van der Waals surface area contributed by atoms with Gasteiger partial charge in [-0.1, -0.05) is 23.7 Å². The van der Waals surface area contributed by atoms with E-state index >= 15 is 0 Å². The fourth-order valence-corrected chi connectivity index (χ4v) is 2.59. The molecule has 0 spiro atoms. The van der Waals surface area contributed by atoms with Gasteiger partial charge >= 0.3 is 0 Å². The maximum absolute atomic E-state index is 12.2. The maximum atomic E-state index is 12.2. The van der Waals surface area contributed by atoms with Gasteiger partial charge < -0.3 is 10.1 Å². The molecule has 0 aromatic heterocycles. The van der Waals surface area contributed by atoms with Crippen molar-refractivity contribution in [3.05, 3.63) is 53.1 Å². The third kappa shape index (κ3) is 3.46. The van der Waals surface area contributed by atoms with Gasteiger partial charge in [0.25, 0.3) is 5.91 Å². The number of fused-ring (bicyclic) bond motifs is 1. The Kier molecular flexibility index (Phi) is 4.21. The van der Waals surface area contributed by atoms with Gasteiger partial charge in [-0.3, -0.25) is 14.5 Å².